The molecule has 19 heavy (non-hydrogen) atoms. The first-order valence-electron chi connectivity index (χ1n) is 6.21. The molecule has 1 aromatic carbocycles. The number of halogens is 2. The minimum absolute atomic E-state index is 0. The molecule has 0 saturated heterocycles. The molecule has 1 aliphatic carbocycles. The van der Waals surface area contributed by atoms with Crippen molar-refractivity contribution in [2.45, 2.75) is 25.3 Å². The fraction of sp³-hybridized carbons (Fsp3) is 0.500. The summed E-state index contributed by atoms with van der Waals surface area (Å²) >= 11 is 3.38. The van der Waals surface area contributed by atoms with E-state index in [-0.39, 0.29) is 18.3 Å². The van der Waals surface area contributed by atoms with Crippen molar-refractivity contribution in [1.29, 1.82) is 0 Å². The lowest BCUT2D eigenvalue weighted by molar-refractivity contribution is -0.135. The van der Waals surface area contributed by atoms with Gasteiger partial charge >= 0.3 is 0 Å². The van der Waals surface area contributed by atoms with Crippen molar-refractivity contribution < 1.29 is 4.79 Å². The van der Waals surface area contributed by atoms with Crippen molar-refractivity contribution in [1.82, 2.24) is 4.90 Å². The largest absolute Gasteiger partial charge is 0.344 e. The van der Waals surface area contributed by atoms with Gasteiger partial charge in [0.2, 0.25) is 5.91 Å². The van der Waals surface area contributed by atoms with Gasteiger partial charge in [-0.05, 0) is 43.4 Å². The zero-order valence-electron chi connectivity index (χ0n) is 11.2. The molecule has 0 radical (unpaired) electrons. The third kappa shape index (κ3) is 3.94. The Morgan fingerprint density at radius 3 is 2.42 bits per heavy atom. The van der Waals surface area contributed by atoms with E-state index in [2.05, 4.69) is 15.9 Å². The van der Waals surface area contributed by atoms with E-state index in [4.69, 9.17) is 5.73 Å². The van der Waals surface area contributed by atoms with Gasteiger partial charge in [-0.15, -0.1) is 12.4 Å². The van der Waals surface area contributed by atoms with Crippen molar-refractivity contribution >= 4 is 34.2 Å². The van der Waals surface area contributed by atoms with Crippen molar-refractivity contribution in [2.75, 3.05) is 13.6 Å². The highest BCUT2D eigenvalue weighted by molar-refractivity contribution is 9.10. The number of nitrogens with zero attached hydrogens (tertiary/aromatic N) is 1. The first-order chi connectivity index (χ1) is 8.41. The number of hydrogen-bond acceptors (Lipinski definition) is 2. The van der Waals surface area contributed by atoms with Crippen LogP contribution in [0.5, 0.6) is 0 Å². The van der Waals surface area contributed by atoms with Gasteiger partial charge in [-0.25, -0.2) is 0 Å². The van der Waals surface area contributed by atoms with E-state index in [0.29, 0.717) is 5.92 Å². The Balaban J connectivity index is 0.00000180. The molecule has 2 rings (SSSR count). The Labute approximate surface area is 129 Å². The van der Waals surface area contributed by atoms with E-state index < -0.39 is 5.54 Å². The van der Waals surface area contributed by atoms with E-state index in [1.807, 2.05) is 31.3 Å². The molecule has 1 amide bonds. The van der Waals surface area contributed by atoms with Gasteiger partial charge in [0.1, 0.15) is 5.54 Å². The minimum atomic E-state index is -0.954. The third-order valence-corrected chi connectivity index (χ3v) is 3.99. The molecular formula is C14H20BrClN2O. The number of hydrogen-bond donors (Lipinski definition) is 1. The molecule has 1 saturated carbocycles. The summed E-state index contributed by atoms with van der Waals surface area (Å²) in [5.41, 5.74) is 6.11. The SMILES string of the molecule is CN(CC1CC1)C(=O)C(C)(N)c1ccc(Br)cc1.Cl. The summed E-state index contributed by atoms with van der Waals surface area (Å²) in [6.07, 6.45) is 2.47. The molecule has 5 heteroatoms. The second-order valence-electron chi connectivity index (χ2n) is 5.34. The maximum absolute atomic E-state index is 12.4. The Hall–Kier alpha value is -0.580. The first kappa shape index (κ1) is 16.5. The number of carbonyl (C=O) groups excluding carboxylic acids is 1. The van der Waals surface area contributed by atoms with E-state index in [9.17, 15) is 4.79 Å². The topological polar surface area (TPSA) is 46.3 Å². The summed E-state index contributed by atoms with van der Waals surface area (Å²) in [6.45, 7) is 2.60. The highest BCUT2D eigenvalue weighted by Gasteiger charge is 2.35. The summed E-state index contributed by atoms with van der Waals surface area (Å²) in [7, 11) is 1.84. The second kappa shape index (κ2) is 6.25. The molecular weight excluding hydrogens is 328 g/mol. The molecule has 3 nitrogen and oxygen atoms in total. The smallest absolute Gasteiger partial charge is 0.246 e. The predicted molar refractivity (Wildman–Crippen MR) is 83.3 cm³/mol. The lowest BCUT2D eigenvalue weighted by Gasteiger charge is -2.29. The van der Waals surface area contributed by atoms with Gasteiger partial charge in [0.25, 0.3) is 0 Å². The average Bonchev–Trinajstić information content (AvgIpc) is 3.12. The second-order valence-corrected chi connectivity index (χ2v) is 6.25. The molecule has 0 aromatic heterocycles. The van der Waals surface area contributed by atoms with Gasteiger partial charge in [0.15, 0.2) is 0 Å². The van der Waals surface area contributed by atoms with Crippen molar-refractivity contribution in [3.63, 3.8) is 0 Å². The van der Waals surface area contributed by atoms with Crippen LogP contribution < -0.4 is 5.73 Å². The number of rotatable bonds is 4. The quantitative estimate of drug-likeness (QED) is 0.910. The van der Waals surface area contributed by atoms with Gasteiger partial charge in [0, 0.05) is 18.1 Å². The normalized spacial score (nSPS) is 17.3. The molecule has 0 spiro atoms. The molecule has 0 bridgehead atoms. The van der Waals surface area contributed by atoms with Gasteiger partial charge in [-0.3, -0.25) is 4.79 Å². The van der Waals surface area contributed by atoms with E-state index in [1.54, 1.807) is 11.8 Å². The van der Waals surface area contributed by atoms with Crippen molar-refractivity contribution in [3.8, 4) is 0 Å². The Morgan fingerprint density at radius 1 is 1.42 bits per heavy atom. The van der Waals surface area contributed by atoms with Crippen LogP contribution in [0.3, 0.4) is 0 Å². The lowest BCUT2D eigenvalue weighted by atomic mass is 9.91. The highest BCUT2D eigenvalue weighted by atomic mass is 79.9. The Morgan fingerprint density at radius 2 is 1.95 bits per heavy atom. The summed E-state index contributed by atoms with van der Waals surface area (Å²) in [6, 6.07) is 7.61. The van der Waals surface area contributed by atoms with Crippen LogP contribution in [0.15, 0.2) is 28.7 Å². The third-order valence-electron chi connectivity index (χ3n) is 3.46. The summed E-state index contributed by atoms with van der Waals surface area (Å²) < 4.78 is 0.987. The van der Waals surface area contributed by atoms with Crippen LogP contribution in [0.4, 0.5) is 0 Å². The zero-order chi connectivity index (χ0) is 13.3. The number of likely N-dealkylation sites (N-methyl/N-ethyl adjacent to an activating group) is 1. The Kier molecular flexibility index (Phi) is 5.42. The number of benzene rings is 1. The molecule has 106 valence electrons. The maximum atomic E-state index is 12.4. The highest BCUT2D eigenvalue weighted by Crippen LogP contribution is 2.30. The first-order valence-corrected chi connectivity index (χ1v) is 7.01. The van der Waals surface area contributed by atoms with Gasteiger partial charge in [0.05, 0.1) is 0 Å². The number of carbonyl (C=O) groups is 1. The molecule has 0 heterocycles. The van der Waals surface area contributed by atoms with E-state index in [0.717, 1.165) is 16.6 Å². The van der Waals surface area contributed by atoms with Crippen molar-refractivity contribution in [2.24, 2.45) is 11.7 Å². The average molecular weight is 348 g/mol. The summed E-state index contributed by atoms with van der Waals surface area (Å²) in [4.78, 5) is 14.2. The zero-order valence-corrected chi connectivity index (χ0v) is 13.6. The molecule has 1 atom stereocenters. The van der Waals surface area contributed by atoms with Gasteiger partial charge in [-0.1, -0.05) is 28.1 Å². The monoisotopic (exact) mass is 346 g/mol. The molecule has 1 aromatic rings. The van der Waals surface area contributed by atoms with Crippen LogP contribution in [0.25, 0.3) is 0 Å². The Bertz CT molecular complexity index is 443. The maximum Gasteiger partial charge on any atom is 0.246 e. The van der Waals surface area contributed by atoms with Crippen LogP contribution in [0.1, 0.15) is 25.3 Å². The molecule has 1 fully saturated rings. The van der Waals surface area contributed by atoms with Crippen LogP contribution >= 0.6 is 28.3 Å². The fourth-order valence-corrected chi connectivity index (χ4v) is 2.35. The predicted octanol–water partition coefficient (Wildman–Crippen LogP) is 2.91. The minimum Gasteiger partial charge on any atom is -0.344 e. The molecule has 2 N–H and O–H groups in total. The summed E-state index contributed by atoms with van der Waals surface area (Å²) in [5, 5.41) is 0. The van der Waals surface area contributed by atoms with Crippen LogP contribution in [-0.2, 0) is 10.3 Å². The van der Waals surface area contributed by atoms with Gasteiger partial charge in [-0.2, -0.15) is 0 Å². The molecule has 0 aliphatic heterocycles. The summed E-state index contributed by atoms with van der Waals surface area (Å²) in [5.74, 6) is 0.663. The van der Waals surface area contributed by atoms with Crippen LogP contribution in [0.2, 0.25) is 0 Å². The lowest BCUT2D eigenvalue weighted by Crippen LogP contribution is -2.50. The molecule has 1 unspecified atom stereocenters. The van der Waals surface area contributed by atoms with Crippen LogP contribution in [-0.4, -0.2) is 24.4 Å². The fourth-order valence-electron chi connectivity index (χ4n) is 2.09. The van der Waals surface area contributed by atoms with E-state index >= 15 is 0 Å². The standard InChI is InChI=1S/C14H19BrN2O.ClH/c1-14(16,11-5-7-12(15)8-6-11)13(18)17(2)9-10-3-4-10;/h5-8,10H,3-4,9,16H2,1-2H3;1H. The number of nitrogens with two attached hydrogens (primary N) is 1. The van der Waals surface area contributed by atoms with E-state index in [1.165, 1.54) is 12.8 Å². The van der Waals surface area contributed by atoms with Crippen LogP contribution in [0, 0.1) is 5.92 Å². The number of amides is 1. The molecule has 1 aliphatic rings. The van der Waals surface area contributed by atoms with Gasteiger partial charge < -0.3 is 10.6 Å². The van der Waals surface area contributed by atoms with Crippen molar-refractivity contribution in [3.05, 3.63) is 34.3 Å².